The molecule has 0 aliphatic rings. The molecule has 1 unspecified atom stereocenters. The minimum atomic E-state index is -4.72. The predicted octanol–water partition coefficient (Wildman–Crippen LogP) is 13.2. The number of aliphatic carboxylic acids is 1. The summed E-state index contributed by atoms with van der Waals surface area (Å²) in [6, 6.07) is -1.52. The summed E-state index contributed by atoms with van der Waals surface area (Å²) in [6.45, 7) is 2.83. The molecule has 0 aliphatic heterocycles. The van der Waals surface area contributed by atoms with Crippen molar-refractivity contribution in [1.29, 1.82) is 0 Å². The lowest BCUT2D eigenvalue weighted by Gasteiger charge is -2.20. The number of unbranched alkanes of at least 4 members (excludes halogenated alkanes) is 30. The number of hydrogen-bond donors (Lipinski definition) is 3. The molecule has 0 aromatic heterocycles. The minimum absolute atomic E-state index is 0.145. The zero-order chi connectivity index (χ0) is 43.5. The van der Waals surface area contributed by atoms with Crippen LogP contribution in [0.2, 0.25) is 0 Å². The molecule has 0 aromatic rings. The van der Waals surface area contributed by atoms with E-state index in [0.29, 0.717) is 12.8 Å². The first kappa shape index (κ1) is 57.2. The van der Waals surface area contributed by atoms with Gasteiger partial charge in [-0.25, -0.2) is 4.57 Å². The SMILES string of the molecule is CCCCCCCCCC/C=C/CCCCCC(=O)O[C@@H](COC(=O)CCCCCCCCCCCCCCCCCCCCCC)COP(=O)(O)OC[C@@H](N)C(=O)O. The van der Waals surface area contributed by atoms with Crippen molar-refractivity contribution in [1.82, 2.24) is 0 Å². The number of phosphoric acid groups is 1. The first-order valence-electron chi connectivity index (χ1n) is 24.2. The van der Waals surface area contributed by atoms with Gasteiger partial charge < -0.3 is 25.2 Å². The summed E-state index contributed by atoms with van der Waals surface area (Å²) < 4.78 is 32.8. The maximum Gasteiger partial charge on any atom is 0.472 e. The summed E-state index contributed by atoms with van der Waals surface area (Å²) in [7, 11) is -4.72. The van der Waals surface area contributed by atoms with Crippen molar-refractivity contribution in [2.75, 3.05) is 19.8 Å². The van der Waals surface area contributed by atoms with Gasteiger partial charge in [-0.1, -0.05) is 199 Å². The van der Waals surface area contributed by atoms with E-state index < -0.39 is 51.1 Å². The number of rotatable bonds is 46. The van der Waals surface area contributed by atoms with Gasteiger partial charge in [0.25, 0.3) is 0 Å². The van der Waals surface area contributed by atoms with Crippen LogP contribution < -0.4 is 5.73 Å². The Kier molecular flexibility index (Phi) is 41.6. The van der Waals surface area contributed by atoms with Crippen molar-refractivity contribution in [3.63, 3.8) is 0 Å². The number of hydrogen-bond acceptors (Lipinski definition) is 9. The van der Waals surface area contributed by atoms with Gasteiger partial charge >= 0.3 is 25.7 Å². The quantitative estimate of drug-likeness (QED) is 0.0230. The van der Waals surface area contributed by atoms with E-state index in [9.17, 15) is 23.8 Å². The average molecular weight is 860 g/mol. The Morgan fingerprint density at radius 1 is 0.508 bits per heavy atom. The Balaban J connectivity index is 4.25. The molecule has 0 bridgehead atoms. The number of phosphoric ester groups is 1. The Morgan fingerprint density at radius 2 is 0.847 bits per heavy atom. The van der Waals surface area contributed by atoms with Crippen molar-refractivity contribution in [2.24, 2.45) is 5.73 Å². The molecule has 12 heteroatoms. The van der Waals surface area contributed by atoms with Crippen molar-refractivity contribution in [3.8, 4) is 0 Å². The summed E-state index contributed by atoms with van der Waals surface area (Å²) >= 11 is 0. The minimum Gasteiger partial charge on any atom is -0.480 e. The van der Waals surface area contributed by atoms with Gasteiger partial charge in [-0.05, 0) is 38.5 Å². The second-order valence-electron chi connectivity index (χ2n) is 16.6. The molecule has 4 N–H and O–H groups in total. The third kappa shape index (κ3) is 42.7. The Bertz CT molecular complexity index is 1060. The molecular formula is C47H90NO10P. The fourth-order valence-corrected chi connectivity index (χ4v) is 7.72. The van der Waals surface area contributed by atoms with E-state index in [0.717, 1.165) is 44.9 Å². The lowest BCUT2D eigenvalue weighted by molar-refractivity contribution is -0.161. The van der Waals surface area contributed by atoms with E-state index in [2.05, 4.69) is 30.5 Å². The fraction of sp³-hybridized carbons (Fsp3) is 0.894. The monoisotopic (exact) mass is 860 g/mol. The number of nitrogens with two attached hydrogens (primary N) is 1. The van der Waals surface area contributed by atoms with E-state index in [1.807, 2.05) is 0 Å². The maximum absolute atomic E-state index is 12.6. The Hall–Kier alpha value is -1.78. The molecule has 0 saturated heterocycles. The first-order valence-corrected chi connectivity index (χ1v) is 25.7. The largest absolute Gasteiger partial charge is 0.480 e. The van der Waals surface area contributed by atoms with Crippen LogP contribution in [0.15, 0.2) is 12.2 Å². The number of carboxylic acids is 1. The van der Waals surface area contributed by atoms with E-state index in [4.69, 9.17) is 24.8 Å². The van der Waals surface area contributed by atoms with Crippen LogP contribution in [0.3, 0.4) is 0 Å². The molecule has 3 atom stereocenters. The second-order valence-corrected chi connectivity index (χ2v) is 18.1. The van der Waals surface area contributed by atoms with Crippen LogP contribution in [0.1, 0.15) is 239 Å². The van der Waals surface area contributed by atoms with E-state index in [1.54, 1.807) is 0 Å². The highest BCUT2D eigenvalue weighted by Gasteiger charge is 2.28. The van der Waals surface area contributed by atoms with Gasteiger partial charge in [0.05, 0.1) is 13.2 Å². The van der Waals surface area contributed by atoms with Crippen molar-refractivity contribution in [3.05, 3.63) is 12.2 Å². The van der Waals surface area contributed by atoms with Gasteiger partial charge in [0.1, 0.15) is 12.6 Å². The molecule has 0 aromatic carbocycles. The van der Waals surface area contributed by atoms with Crippen molar-refractivity contribution < 1.29 is 47.5 Å². The number of carboxylic acid groups (broad SMARTS) is 1. The smallest absolute Gasteiger partial charge is 0.472 e. The van der Waals surface area contributed by atoms with E-state index in [1.165, 1.54) is 154 Å². The van der Waals surface area contributed by atoms with Crippen LogP contribution in [-0.4, -0.2) is 59.9 Å². The highest BCUT2D eigenvalue weighted by molar-refractivity contribution is 7.47. The highest BCUT2D eigenvalue weighted by Crippen LogP contribution is 2.43. The van der Waals surface area contributed by atoms with Gasteiger partial charge in [-0.15, -0.1) is 0 Å². The highest BCUT2D eigenvalue weighted by atomic mass is 31.2. The lowest BCUT2D eigenvalue weighted by Crippen LogP contribution is -2.34. The second kappa shape index (κ2) is 42.9. The van der Waals surface area contributed by atoms with Crippen LogP contribution in [0.5, 0.6) is 0 Å². The van der Waals surface area contributed by atoms with Gasteiger partial charge in [-0.3, -0.25) is 23.4 Å². The van der Waals surface area contributed by atoms with Gasteiger partial charge in [-0.2, -0.15) is 0 Å². The molecule has 0 heterocycles. The summed E-state index contributed by atoms with van der Waals surface area (Å²) in [5.74, 6) is -2.38. The number of carbonyl (C=O) groups is 3. The van der Waals surface area contributed by atoms with Gasteiger partial charge in [0.15, 0.2) is 6.10 Å². The van der Waals surface area contributed by atoms with Crippen LogP contribution in [0.4, 0.5) is 0 Å². The molecule has 11 nitrogen and oxygen atoms in total. The maximum atomic E-state index is 12.6. The summed E-state index contributed by atoms with van der Waals surface area (Å²) in [6.07, 6.45) is 44.2. The third-order valence-electron chi connectivity index (χ3n) is 10.8. The molecule has 0 rings (SSSR count). The topological polar surface area (TPSA) is 172 Å². The average Bonchev–Trinajstić information content (AvgIpc) is 3.21. The summed E-state index contributed by atoms with van der Waals surface area (Å²) in [5.41, 5.74) is 5.34. The summed E-state index contributed by atoms with van der Waals surface area (Å²) in [4.78, 5) is 46.0. The first-order chi connectivity index (χ1) is 28.6. The molecule has 0 amide bonds. The number of allylic oxidation sites excluding steroid dienone is 2. The van der Waals surface area contributed by atoms with Crippen LogP contribution in [-0.2, 0) is 37.5 Å². The van der Waals surface area contributed by atoms with Crippen LogP contribution in [0.25, 0.3) is 0 Å². The lowest BCUT2D eigenvalue weighted by atomic mass is 10.0. The van der Waals surface area contributed by atoms with Crippen LogP contribution >= 0.6 is 7.82 Å². The molecule has 0 radical (unpaired) electrons. The normalized spacial score (nSPS) is 13.7. The Labute approximate surface area is 360 Å². The van der Waals surface area contributed by atoms with Crippen molar-refractivity contribution in [2.45, 2.75) is 251 Å². The zero-order valence-corrected chi connectivity index (χ0v) is 38.8. The van der Waals surface area contributed by atoms with Gasteiger partial charge in [0, 0.05) is 12.8 Å². The molecule has 0 saturated carbocycles. The summed E-state index contributed by atoms with van der Waals surface area (Å²) in [5, 5.41) is 8.90. The van der Waals surface area contributed by atoms with E-state index in [-0.39, 0.29) is 19.4 Å². The number of ether oxygens (including phenoxy) is 2. The fourth-order valence-electron chi connectivity index (χ4n) is 6.94. The standard InChI is InChI=1S/C47H90NO10P/c1-3-5-7-9-11-13-15-17-19-20-21-22-23-25-26-28-30-32-34-36-38-45(49)55-40-43(41-56-59(53,54)57-42-44(48)47(51)52)58-46(50)39-37-35-33-31-29-27-24-18-16-14-12-10-8-6-4-2/h27,29,43-44H,3-26,28,30-42,48H2,1-2H3,(H,51,52)(H,53,54)/b29-27+/t43-,44+/m0/s1. The molecule has 348 valence electrons. The molecular weight excluding hydrogens is 769 g/mol. The van der Waals surface area contributed by atoms with E-state index >= 15 is 0 Å². The molecule has 0 spiro atoms. The molecule has 59 heavy (non-hydrogen) atoms. The number of carbonyl (C=O) groups excluding carboxylic acids is 2. The number of esters is 2. The predicted molar refractivity (Wildman–Crippen MR) is 240 cm³/mol. The zero-order valence-electron chi connectivity index (χ0n) is 37.9. The van der Waals surface area contributed by atoms with Gasteiger partial charge in [0.2, 0.25) is 0 Å². The van der Waals surface area contributed by atoms with Crippen molar-refractivity contribution >= 4 is 25.7 Å². The molecule has 0 aliphatic carbocycles. The van der Waals surface area contributed by atoms with Crippen LogP contribution in [0, 0.1) is 0 Å². The Morgan fingerprint density at radius 3 is 1.25 bits per heavy atom. The molecule has 0 fully saturated rings. The third-order valence-corrected chi connectivity index (χ3v) is 11.7.